The van der Waals surface area contributed by atoms with Gasteiger partial charge in [-0.3, -0.25) is 9.59 Å². The molecular weight excluding hydrogens is 477 g/mol. The van der Waals surface area contributed by atoms with Gasteiger partial charge in [-0.05, 0) is 65.5 Å². The Morgan fingerprint density at radius 3 is 2.51 bits per heavy atom. The van der Waals surface area contributed by atoms with Crippen molar-refractivity contribution in [2.24, 2.45) is 11.8 Å². The van der Waals surface area contributed by atoms with Crippen molar-refractivity contribution in [3.05, 3.63) is 93.0 Å². The fourth-order valence-corrected chi connectivity index (χ4v) is 6.19. The quantitative estimate of drug-likeness (QED) is 0.458. The number of carbonyl (C=O) groups excluding carboxylic acids is 2. The number of ketones is 1. The molecule has 3 nitrogen and oxygen atoms in total. The third-order valence-corrected chi connectivity index (χ3v) is 8.07. The second-order valence-corrected chi connectivity index (χ2v) is 11.9. The molecule has 3 atom stereocenters. The van der Waals surface area contributed by atoms with Gasteiger partial charge in [-0.15, -0.1) is 0 Å². The number of amides is 1. The van der Waals surface area contributed by atoms with E-state index in [0.717, 1.165) is 27.3 Å². The summed E-state index contributed by atoms with van der Waals surface area (Å²) < 4.78 is 0. The van der Waals surface area contributed by atoms with Gasteiger partial charge in [0.1, 0.15) is 0 Å². The summed E-state index contributed by atoms with van der Waals surface area (Å²) in [6.45, 7) is 8.54. The van der Waals surface area contributed by atoms with Crippen LogP contribution in [0.25, 0.3) is 5.57 Å². The molecule has 2 aromatic rings. The van der Waals surface area contributed by atoms with E-state index in [1.54, 1.807) is 6.07 Å². The summed E-state index contributed by atoms with van der Waals surface area (Å²) in [5.41, 5.74) is 4.24. The highest BCUT2D eigenvalue weighted by molar-refractivity contribution is 6.31. The Bertz CT molecular complexity index is 1340. The summed E-state index contributed by atoms with van der Waals surface area (Å²) in [4.78, 5) is 27.6. The molecule has 3 aliphatic rings. The number of carbonyl (C=O) groups is 2. The molecule has 5 rings (SSSR count). The molecule has 0 fully saturated rings. The first kappa shape index (κ1) is 24.1. The number of aryl methyl sites for hydroxylation is 1. The standard InChI is InChI=1S/C30H29Cl2NO2/c1-17-10-19(12-20(11-17)29(2,3)4)23-16-30(24-9-8-22(32)14-26(24)33-28(30)35)25(15-27(23)34)18-6-5-7-21(31)13-18/h5-12,14,16,18,25H,13,15H2,1-4H3,(H,33,35)/t18?,25-,30-/m0/s1. The molecule has 1 N–H and O–H groups in total. The largest absolute Gasteiger partial charge is 0.325 e. The molecule has 0 aromatic heterocycles. The second kappa shape index (κ2) is 8.50. The van der Waals surface area contributed by atoms with Crippen LogP contribution < -0.4 is 5.32 Å². The van der Waals surface area contributed by atoms with Gasteiger partial charge in [0.2, 0.25) is 5.91 Å². The summed E-state index contributed by atoms with van der Waals surface area (Å²) >= 11 is 12.7. The van der Waals surface area contributed by atoms with Crippen molar-refractivity contribution in [1.29, 1.82) is 0 Å². The number of fused-ring (bicyclic) bond motifs is 2. The zero-order chi connectivity index (χ0) is 25.1. The van der Waals surface area contributed by atoms with Crippen LogP contribution in [0.1, 0.15) is 55.9 Å². The average Bonchev–Trinajstić information content (AvgIpc) is 3.04. The molecule has 1 spiro atoms. The number of rotatable bonds is 2. The molecule has 5 heteroatoms. The van der Waals surface area contributed by atoms with E-state index in [-0.39, 0.29) is 35.4 Å². The van der Waals surface area contributed by atoms with Crippen molar-refractivity contribution in [3.63, 3.8) is 0 Å². The number of halogens is 2. The maximum atomic E-state index is 13.8. The van der Waals surface area contributed by atoms with Crippen molar-refractivity contribution in [2.75, 3.05) is 5.32 Å². The first-order valence-corrected chi connectivity index (χ1v) is 12.8. The SMILES string of the molecule is Cc1cc(C2=C[C@@]3(C(=O)Nc4cc(Cl)ccc43)[C@H](C3C=CC=C(Cl)C3)CC2=O)cc(C(C)(C)C)c1. The highest BCUT2D eigenvalue weighted by Gasteiger charge is 2.56. The monoisotopic (exact) mass is 505 g/mol. The Labute approximate surface area is 216 Å². The lowest BCUT2D eigenvalue weighted by atomic mass is 9.59. The van der Waals surface area contributed by atoms with E-state index >= 15 is 0 Å². The second-order valence-electron chi connectivity index (χ2n) is 11.0. The van der Waals surface area contributed by atoms with Crippen molar-refractivity contribution >= 4 is 46.2 Å². The number of hydrogen-bond acceptors (Lipinski definition) is 2. The van der Waals surface area contributed by atoms with Crippen LogP contribution in [0.2, 0.25) is 5.02 Å². The van der Waals surface area contributed by atoms with Gasteiger partial charge < -0.3 is 5.32 Å². The van der Waals surface area contributed by atoms with E-state index in [1.165, 1.54) is 0 Å². The molecule has 1 amide bonds. The summed E-state index contributed by atoms with van der Waals surface area (Å²) in [5.74, 6) is -0.357. The smallest absolute Gasteiger partial charge is 0.239 e. The highest BCUT2D eigenvalue weighted by Crippen LogP contribution is 2.54. The van der Waals surface area contributed by atoms with E-state index in [2.05, 4.69) is 44.3 Å². The summed E-state index contributed by atoms with van der Waals surface area (Å²) in [7, 11) is 0. The molecule has 180 valence electrons. The minimum absolute atomic E-state index is 0.0377. The van der Waals surface area contributed by atoms with Crippen LogP contribution in [0.15, 0.2) is 65.7 Å². The maximum absolute atomic E-state index is 13.8. The lowest BCUT2D eigenvalue weighted by molar-refractivity contribution is -0.123. The van der Waals surface area contributed by atoms with Gasteiger partial charge >= 0.3 is 0 Å². The molecule has 1 aliphatic heterocycles. The van der Waals surface area contributed by atoms with Gasteiger partial charge in [-0.25, -0.2) is 0 Å². The molecule has 0 saturated carbocycles. The van der Waals surface area contributed by atoms with E-state index in [1.807, 2.05) is 43.4 Å². The van der Waals surface area contributed by atoms with Crippen LogP contribution >= 0.6 is 23.2 Å². The Balaban J connectivity index is 1.74. The Morgan fingerprint density at radius 2 is 1.80 bits per heavy atom. The van der Waals surface area contributed by atoms with Crippen molar-refractivity contribution < 1.29 is 9.59 Å². The minimum Gasteiger partial charge on any atom is -0.325 e. The van der Waals surface area contributed by atoms with Gasteiger partial charge in [-0.1, -0.05) is 92.0 Å². The Kier molecular flexibility index (Phi) is 5.85. The number of anilines is 1. The first-order chi connectivity index (χ1) is 16.5. The van der Waals surface area contributed by atoms with Gasteiger partial charge in [0.15, 0.2) is 5.78 Å². The molecule has 35 heavy (non-hydrogen) atoms. The van der Waals surface area contributed by atoms with Gasteiger partial charge in [0.25, 0.3) is 0 Å². The number of benzene rings is 2. The Hall–Kier alpha value is -2.62. The van der Waals surface area contributed by atoms with Crippen LogP contribution in [0, 0.1) is 18.8 Å². The van der Waals surface area contributed by atoms with E-state index in [0.29, 0.717) is 22.7 Å². The van der Waals surface area contributed by atoms with E-state index in [9.17, 15) is 9.59 Å². The molecule has 1 heterocycles. The highest BCUT2D eigenvalue weighted by atomic mass is 35.5. The number of Topliss-reactive ketones (excluding diaryl/α,β-unsaturated/α-hetero) is 1. The third kappa shape index (κ3) is 4.09. The molecule has 2 aliphatic carbocycles. The van der Waals surface area contributed by atoms with Crippen LogP contribution in [0.3, 0.4) is 0 Å². The molecule has 0 saturated heterocycles. The fourth-order valence-electron chi connectivity index (χ4n) is 5.77. The lowest BCUT2D eigenvalue weighted by Crippen LogP contribution is -2.47. The molecule has 0 bridgehead atoms. The third-order valence-electron chi connectivity index (χ3n) is 7.55. The van der Waals surface area contributed by atoms with Gasteiger partial charge in [0, 0.05) is 27.7 Å². The molecular formula is C30H29Cl2NO2. The first-order valence-electron chi connectivity index (χ1n) is 12.0. The zero-order valence-corrected chi connectivity index (χ0v) is 21.9. The zero-order valence-electron chi connectivity index (χ0n) is 20.4. The van der Waals surface area contributed by atoms with E-state index in [4.69, 9.17) is 23.2 Å². The summed E-state index contributed by atoms with van der Waals surface area (Å²) in [5, 5.41) is 4.36. The minimum atomic E-state index is -0.988. The topological polar surface area (TPSA) is 46.2 Å². The number of nitrogens with one attached hydrogen (secondary N) is 1. The molecule has 1 unspecified atom stereocenters. The van der Waals surface area contributed by atoms with Crippen LogP contribution in [-0.2, 0) is 20.4 Å². The van der Waals surface area contributed by atoms with Crippen molar-refractivity contribution in [3.8, 4) is 0 Å². The van der Waals surface area contributed by atoms with E-state index < -0.39 is 5.41 Å². The fraction of sp³-hybridized carbons (Fsp3) is 0.333. The normalized spacial score (nSPS) is 25.9. The van der Waals surface area contributed by atoms with Gasteiger partial charge in [-0.2, -0.15) is 0 Å². The summed E-state index contributed by atoms with van der Waals surface area (Å²) in [6, 6.07) is 11.8. The summed E-state index contributed by atoms with van der Waals surface area (Å²) in [6.07, 6.45) is 8.68. The molecule has 0 radical (unpaired) electrons. The van der Waals surface area contributed by atoms with Crippen LogP contribution in [0.4, 0.5) is 5.69 Å². The number of allylic oxidation sites excluding steroid dienone is 5. The maximum Gasteiger partial charge on any atom is 0.239 e. The van der Waals surface area contributed by atoms with Crippen molar-refractivity contribution in [1.82, 2.24) is 0 Å². The average molecular weight is 506 g/mol. The molecule has 2 aromatic carbocycles. The predicted molar refractivity (Wildman–Crippen MR) is 144 cm³/mol. The Morgan fingerprint density at radius 1 is 1.03 bits per heavy atom. The lowest BCUT2D eigenvalue weighted by Gasteiger charge is -2.41. The number of hydrogen-bond donors (Lipinski definition) is 1. The van der Waals surface area contributed by atoms with Crippen LogP contribution in [-0.4, -0.2) is 11.7 Å². The van der Waals surface area contributed by atoms with Gasteiger partial charge in [0.05, 0.1) is 5.41 Å². The predicted octanol–water partition coefficient (Wildman–Crippen LogP) is 7.51. The van der Waals surface area contributed by atoms with Crippen LogP contribution in [0.5, 0.6) is 0 Å². The van der Waals surface area contributed by atoms with Crippen molar-refractivity contribution in [2.45, 2.75) is 51.4 Å².